The van der Waals surface area contributed by atoms with E-state index in [-0.39, 0.29) is 17.8 Å². The molecule has 4 rings (SSSR count). The van der Waals surface area contributed by atoms with E-state index in [1.807, 2.05) is 30.1 Å². The van der Waals surface area contributed by atoms with Gasteiger partial charge < -0.3 is 4.90 Å². The van der Waals surface area contributed by atoms with Crippen molar-refractivity contribution in [1.29, 1.82) is 0 Å². The summed E-state index contributed by atoms with van der Waals surface area (Å²) in [6.07, 6.45) is 0.667. The van der Waals surface area contributed by atoms with Gasteiger partial charge in [0, 0.05) is 11.6 Å². The van der Waals surface area contributed by atoms with Crippen molar-refractivity contribution in [1.82, 2.24) is 9.88 Å². The summed E-state index contributed by atoms with van der Waals surface area (Å²) in [6, 6.07) is 11.8. The van der Waals surface area contributed by atoms with Crippen LogP contribution in [0.1, 0.15) is 11.4 Å². The Morgan fingerprint density at radius 2 is 2.15 bits per heavy atom. The first-order valence-corrected chi connectivity index (χ1v) is 9.53. The second kappa shape index (κ2) is 6.95. The Bertz CT molecular complexity index is 976. The van der Waals surface area contributed by atoms with Gasteiger partial charge in [0.2, 0.25) is 5.91 Å². The van der Waals surface area contributed by atoms with Gasteiger partial charge in [0.15, 0.2) is 0 Å². The topological polar surface area (TPSA) is 36.4 Å². The molecule has 4 nitrogen and oxygen atoms in total. The van der Waals surface area contributed by atoms with Gasteiger partial charge in [0.25, 0.3) is 0 Å². The second-order valence-corrected chi connectivity index (χ2v) is 7.93. The van der Waals surface area contributed by atoms with Gasteiger partial charge in [-0.05, 0) is 43.8 Å². The Hall–Kier alpha value is -2.02. The fourth-order valence-corrected chi connectivity index (χ4v) is 4.50. The average molecular weight is 390 g/mol. The van der Waals surface area contributed by atoms with Crippen molar-refractivity contribution in [3.05, 3.63) is 58.3 Å². The smallest absolute Gasteiger partial charge is 0.244 e. The number of para-hydroxylation sites is 1. The Morgan fingerprint density at radius 3 is 2.96 bits per heavy atom. The highest BCUT2D eigenvalue weighted by Crippen LogP contribution is 2.29. The number of thiazole rings is 1. The van der Waals surface area contributed by atoms with Crippen LogP contribution in [-0.2, 0) is 11.3 Å². The van der Waals surface area contributed by atoms with E-state index in [1.54, 1.807) is 29.5 Å². The minimum atomic E-state index is -0.368. The quantitative estimate of drug-likeness (QED) is 0.666. The van der Waals surface area contributed by atoms with E-state index in [2.05, 4.69) is 4.98 Å². The van der Waals surface area contributed by atoms with Crippen molar-refractivity contribution in [2.75, 3.05) is 18.5 Å². The highest BCUT2D eigenvalue weighted by molar-refractivity contribution is 7.18. The number of hydrogen-bond donors (Lipinski definition) is 0. The normalized spacial score (nSPS) is 17.6. The van der Waals surface area contributed by atoms with Crippen LogP contribution in [-0.4, -0.2) is 35.4 Å². The van der Waals surface area contributed by atoms with Crippen LogP contribution in [0, 0.1) is 5.82 Å². The van der Waals surface area contributed by atoms with Crippen LogP contribution in [0.25, 0.3) is 10.2 Å². The number of benzene rings is 2. The molecule has 1 aliphatic rings. The van der Waals surface area contributed by atoms with Crippen molar-refractivity contribution >= 4 is 44.7 Å². The van der Waals surface area contributed by atoms with Crippen molar-refractivity contribution in [2.24, 2.45) is 0 Å². The number of fused-ring (bicyclic) bond motifs is 1. The molecule has 0 saturated carbocycles. The van der Waals surface area contributed by atoms with Gasteiger partial charge in [0.1, 0.15) is 10.8 Å². The number of likely N-dealkylation sites (N-methyl/N-ethyl adjacent to an activating group) is 1. The minimum absolute atomic E-state index is 0.0678. The molecule has 1 aliphatic heterocycles. The predicted octanol–water partition coefficient (Wildman–Crippen LogP) is 4.33. The third-order valence-corrected chi connectivity index (χ3v) is 5.89. The van der Waals surface area contributed by atoms with Crippen LogP contribution in [0.3, 0.4) is 0 Å². The molecular weight excluding hydrogens is 373 g/mol. The van der Waals surface area contributed by atoms with E-state index in [1.165, 1.54) is 11.0 Å². The molecule has 3 aromatic rings. The summed E-state index contributed by atoms with van der Waals surface area (Å²) in [5.41, 5.74) is 1.22. The maximum Gasteiger partial charge on any atom is 0.244 e. The standard InChI is InChI=1S/C19H17ClFN3OS/c1-23(11-18-22-14-10-12(20)6-7-17(14)26-18)16-8-9-24(19(16)25)15-5-3-2-4-13(15)21/h2-7,10,16H,8-9,11H2,1H3/t16-/m0/s1. The lowest BCUT2D eigenvalue weighted by Gasteiger charge is -2.23. The lowest BCUT2D eigenvalue weighted by Crippen LogP contribution is -2.39. The molecular formula is C19H17ClFN3OS. The van der Waals surface area contributed by atoms with Crippen molar-refractivity contribution in [2.45, 2.75) is 19.0 Å². The maximum absolute atomic E-state index is 14.0. The lowest BCUT2D eigenvalue weighted by atomic mass is 10.2. The number of anilines is 1. The van der Waals surface area contributed by atoms with Gasteiger partial charge in [-0.2, -0.15) is 0 Å². The highest BCUT2D eigenvalue weighted by atomic mass is 35.5. The molecule has 0 spiro atoms. The molecule has 1 amide bonds. The average Bonchev–Trinajstić information content (AvgIpc) is 3.18. The van der Waals surface area contributed by atoms with Gasteiger partial charge in [0.05, 0.1) is 28.5 Å². The van der Waals surface area contributed by atoms with E-state index in [0.717, 1.165) is 15.2 Å². The van der Waals surface area contributed by atoms with Crippen molar-refractivity contribution in [3.8, 4) is 0 Å². The molecule has 1 atom stereocenters. The second-order valence-electron chi connectivity index (χ2n) is 6.38. The number of amides is 1. The number of rotatable bonds is 4. The number of halogens is 2. The zero-order valence-electron chi connectivity index (χ0n) is 14.2. The SMILES string of the molecule is CN(Cc1nc2cc(Cl)ccc2s1)[C@H]1CCN(c2ccccc2F)C1=O. The molecule has 0 aliphatic carbocycles. The van der Waals surface area contributed by atoms with E-state index in [4.69, 9.17) is 11.6 Å². The molecule has 7 heteroatoms. The summed E-state index contributed by atoms with van der Waals surface area (Å²) in [7, 11) is 1.91. The van der Waals surface area contributed by atoms with Gasteiger partial charge in [-0.25, -0.2) is 9.37 Å². The number of carbonyl (C=O) groups excluding carboxylic acids is 1. The van der Waals surface area contributed by atoms with Crippen LogP contribution in [0.5, 0.6) is 0 Å². The summed E-state index contributed by atoms with van der Waals surface area (Å²) >= 11 is 7.61. The maximum atomic E-state index is 14.0. The van der Waals surface area contributed by atoms with E-state index in [0.29, 0.717) is 30.2 Å². The first-order valence-electron chi connectivity index (χ1n) is 8.34. The molecule has 1 fully saturated rings. The largest absolute Gasteiger partial charge is 0.308 e. The zero-order chi connectivity index (χ0) is 18.3. The summed E-state index contributed by atoms with van der Waals surface area (Å²) in [4.78, 5) is 20.9. The first kappa shape index (κ1) is 17.4. The predicted molar refractivity (Wildman–Crippen MR) is 103 cm³/mol. The Morgan fingerprint density at radius 1 is 1.35 bits per heavy atom. The minimum Gasteiger partial charge on any atom is -0.308 e. The van der Waals surface area contributed by atoms with Gasteiger partial charge >= 0.3 is 0 Å². The number of nitrogens with zero attached hydrogens (tertiary/aromatic N) is 3. The van der Waals surface area contributed by atoms with Crippen molar-refractivity contribution in [3.63, 3.8) is 0 Å². The Balaban J connectivity index is 1.50. The molecule has 0 N–H and O–H groups in total. The molecule has 0 radical (unpaired) electrons. The molecule has 2 heterocycles. The molecule has 134 valence electrons. The van der Waals surface area contributed by atoms with Crippen LogP contribution >= 0.6 is 22.9 Å². The third-order valence-electron chi connectivity index (χ3n) is 4.63. The molecule has 1 aromatic heterocycles. The first-order chi connectivity index (χ1) is 12.5. The molecule has 2 aromatic carbocycles. The van der Waals surface area contributed by atoms with Crippen LogP contribution in [0.4, 0.5) is 10.1 Å². The number of hydrogen-bond acceptors (Lipinski definition) is 4. The van der Waals surface area contributed by atoms with Crippen LogP contribution in [0.2, 0.25) is 5.02 Å². The monoisotopic (exact) mass is 389 g/mol. The lowest BCUT2D eigenvalue weighted by molar-refractivity contribution is -0.121. The van der Waals surface area contributed by atoms with Gasteiger partial charge in [-0.3, -0.25) is 9.69 Å². The number of carbonyl (C=O) groups is 1. The molecule has 0 unspecified atom stereocenters. The summed E-state index contributed by atoms with van der Waals surface area (Å²) < 4.78 is 15.1. The van der Waals surface area contributed by atoms with E-state index >= 15 is 0 Å². The van der Waals surface area contributed by atoms with Gasteiger partial charge in [-0.1, -0.05) is 23.7 Å². The Labute approximate surface area is 159 Å². The van der Waals surface area contributed by atoms with E-state index < -0.39 is 0 Å². The Kier molecular flexibility index (Phi) is 4.65. The zero-order valence-corrected chi connectivity index (χ0v) is 15.7. The van der Waals surface area contributed by atoms with E-state index in [9.17, 15) is 9.18 Å². The van der Waals surface area contributed by atoms with Crippen LogP contribution in [0.15, 0.2) is 42.5 Å². The molecule has 26 heavy (non-hydrogen) atoms. The summed E-state index contributed by atoms with van der Waals surface area (Å²) in [5, 5.41) is 1.59. The number of aromatic nitrogens is 1. The highest BCUT2D eigenvalue weighted by Gasteiger charge is 2.36. The molecule has 0 bridgehead atoms. The van der Waals surface area contributed by atoms with Crippen molar-refractivity contribution < 1.29 is 9.18 Å². The fraction of sp³-hybridized carbons (Fsp3) is 0.263. The summed E-state index contributed by atoms with van der Waals surface area (Å²) in [6.45, 7) is 1.09. The summed E-state index contributed by atoms with van der Waals surface area (Å²) in [5.74, 6) is -0.436. The fourth-order valence-electron chi connectivity index (χ4n) is 3.32. The third kappa shape index (κ3) is 3.20. The van der Waals surface area contributed by atoms with Gasteiger partial charge in [-0.15, -0.1) is 11.3 Å². The molecule has 1 saturated heterocycles. The van der Waals surface area contributed by atoms with Crippen LogP contribution < -0.4 is 4.90 Å².